The lowest BCUT2D eigenvalue weighted by Crippen LogP contribution is -2.41. The Morgan fingerprint density at radius 3 is 2.59 bits per heavy atom. The van der Waals surface area contributed by atoms with E-state index in [1.54, 1.807) is 0 Å². The number of rotatable bonds is 6. The van der Waals surface area contributed by atoms with Gasteiger partial charge in [0.25, 0.3) is 0 Å². The van der Waals surface area contributed by atoms with E-state index < -0.39 is 5.41 Å². The molecule has 5 nitrogen and oxygen atoms in total. The first-order chi connectivity index (χ1) is 10.5. The van der Waals surface area contributed by atoms with Gasteiger partial charge in [-0.3, -0.25) is 9.48 Å². The van der Waals surface area contributed by atoms with Crippen LogP contribution in [-0.2, 0) is 4.79 Å². The van der Waals surface area contributed by atoms with E-state index in [1.807, 2.05) is 42.9 Å². The minimum atomic E-state index is -0.493. The van der Waals surface area contributed by atoms with Gasteiger partial charge < -0.3 is 11.1 Å². The highest BCUT2D eigenvalue weighted by Crippen LogP contribution is 2.28. The van der Waals surface area contributed by atoms with Crippen LogP contribution in [0.2, 0.25) is 0 Å². The van der Waals surface area contributed by atoms with E-state index in [0.717, 1.165) is 29.4 Å². The first-order valence-corrected chi connectivity index (χ1v) is 7.96. The number of benzene rings is 1. The van der Waals surface area contributed by atoms with Gasteiger partial charge in [-0.05, 0) is 44.9 Å². The summed E-state index contributed by atoms with van der Waals surface area (Å²) in [7, 11) is 0. The monoisotopic (exact) mass is 302 g/mol. The molecule has 3 N–H and O–H groups in total. The molecule has 0 saturated carbocycles. The summed E-state index contributed by atoms with van der Waals surface area (Å²) in [5.74, 6) is -0.00466. The molecular weight excluding hydrogens is 276 g/mol. The van der Waals surface area contributed by atoms with Gasteiger partial charge in [0.2, 0.25) is 5.91 Å². The third-order valence-electron chi connectivity index (χ3n) is 4.57. The number of hydrogen-bond acceptors (Lipinski definition) is 3. The zero-order chi connectivity index (χ0) is 16.3. The van der Waals surface area contributed by atoms with Crippen LogP contribution in [0.1, 0.15) is 46.6 Å². The Labute approximate surface area is 131 Å². The summed E-state index contributed by atoms with van der Waals surface area (Å²) >= 11 is 0. The lowest BCUT2D eigenvalue weighted by atomic mass is 9.81. The average Bonchev–Trinajstić information content (AvgIpc) is 2.93. The standard InChI is InChI=1S/C17H26N4O/c1-5-17(6-2,11-18)16(22)20-14-8-7-13-10-19-21(12(3)4)15(13)9-14/h7-10,12H,5-6,11,18H2,1-4H3,(H,20,22). The van der Waals surface area contributed by atoms with Crippen molar-refractivity contribution in [3.63, 3.8) is 0 Å². The number of carbonyl (C=O) groups excluding carboxylic acids is 1. The van der Waals surface area contributed by atoms with Gasteiger partial charge in [0.15, 0.2) is 0 Å². The van der Waals surface area contributed by atoms with Gasteiger partial charge in [-0.2, -0.15) is 5.10 Å². The highest BCUT2D eigenvalue weighted by atomic mass is 16.2. The van der Waals surface area contributed by atoms with Crippen molar-refractivity contribution in [1.29, 1.82) is 0 Å². The van der Waals surface area contributed by atoms with Crippen molar-refractivity contribution in [3.8, 4) is 0 Å². The number of aromatic nitrogens is 2. The molecule has 1 aromatic heterocycles. The van der Waals surface area contributed by atoms with Crippen LogP contribution >= 0.6 is 0 Å². The summed E-state index contributed by atoms with van der Waals surface area (Å²) in [6.07, 6.45) is 3.32. The Bertz CT molecular complexity index is 647. The van der Waals surface area contributed by atoms with E-state index in [4.69, 9.17) is 5.73 Å². The van der Waals surface area contributed by atoms with Gasteiger partial charge in [-0.25, -0.2) is 0 Å². The van der Waals surface area contributed by atoms with E-state index in [1.165, 1.54) is 0 Å². The molecule has 0 saturated heterocycles. The molecule has 0 aliphatic carbocycles. The average molecular weight is 302 g/mol. The summed E-state index contributed by atoms with van der Waals surface area (Å²) in [4.78, 5) is 12.6. The van der Waals surface area contributed by atoms with Gasteiger partial charge >= 0.3 is 0 Å². The third-order valence-corrected chi connectivity index (χ3v) is 4.57. The molecule has 1 heterocycles. The molecule has 22 heavy (non-hydrogen) atoms. The molecular formula is C17H26N4O. The van der Waals surface area contributed by atoms with Crippen molar-refractivity contribution in [2.24, 2.45) is 11.1 Å². The largest absolute Gasteiger partial charge is 0.329 e. The molecule has 1 aromatic carbocycles. The highest BCUT2D eigenvalue weighted by Gasteiger charge is 2.33. The van der Waals surface area contributed by atoms with Crippen molar-refractivity contribution in [2.45, 2.75) is 46.6 Å². The highest BCUT2D eigenvalue weighted by molar-refractivity contribution is 5.97. The number of carbonyl (C=O) groups is 1. The summed E-state index contributed by atoms with van der Waals surface area (Å²) in [5, 5.41) is 8.49. The quantitative estimate of drug-likeness (QED) is 0.859. The van der Waals surface area contributed by atoms with Crippen molar-refractivity contribution >= 4 is 22.5 Å². The maximum Gasteiger partial charge on any atom is 0.231 e. The fourth-order valence-corrected chi connectivity index (χ4v) is 2.74. The van der Waals surface area contributed by atoms with Gasteiger partial charge in [-0.15, -0.1) is 0 Å². The number of nitrogens with zero attached hydrogens (tertiary/aromatic N) is 2. The second kappa shape index (κ2) is 6.48. The van der Waals surface area contributed by atoms with Crippen LogP contribution in [0.3, 0.4) is 0 Å². The Hall–Kier alpha value is -1.88. The molecule has 120 valence electrons. The number of amides is 1. The first kappa shape index (κ1) is 16.5. The van der Waals surface area contributed by atoms with E-state index in [9.17, 15) is 4.79 Å². The lowest BCUT2D eigenvalue weighted by molar-refractivity contribution is -0.125. The SMILES string of the molecule is CCC(CC)(CN)C(=O)Nc1ccc2cnn(C(C)C)c2c1. The molecule has 2 rings (SSSR count). The van der Waals surface area contributed by atoms with Crippen LogP contribution in [0.5, 0.6) is 0 Å². The second-order valence-corrected chi connectivity index (χ2v) is 6.10. The fourth-order valence-electron chi connectivity index (χ4n) is 2.74. The van der Waals surface area contributed by atoms with Gasteiger partial charge in [0.05, 0.1) is 17.1 Å². The summed E-state index contributed by atoms with van der Waals surface area (Å²) in [6.45, 7) is 8.55. The third kappa shape index (κ3) is 2.86. The number of anilines is 1. The molecule has 1 amide bonds. The van der Waals surface area contributed by atoms with E-state index in [0.29, 0.717) is 6.54 Å². The predicted octanol–water partition coefficient (Wildman–Crippen LogP) is 3.32. The molecule has 0 radical (unpaired) electrons. The molecule has 2 aromatic rings. The second-order valence-electron chi connectivity index (χ2n) is 6.10. The van der Waals surface area contributed by atoms with Crippen molar-refractivity contribution in [1.82, 2.24) is 9.78 Å². The molecule has 5 heteroatoms. The topological polar surface area (TPSA) is 72.9 Å². The molecule has 0 aliphatic rings. The molecule has 0 spiro atoms. The van der Waals surface area contributed by atoms with Crippen LogP contribution in [0.4, 0.5) is 5.69 Å². The summed E-state index contributed by atoms with van der Waals surface area (Å²) in [5.41, 5.74) is 7.17. The predicted molar refractivity (Wildman–Crippen MR) is 90.8 cm³/mol. The number of hydrogen-bond donors (Lipinski definition) is 2. The van der Waals surface area contributed by atoms with Gasteiger partial charge in [0, 0.05) is 23.7 Å². The Balaban J connectivity index is 2.32. The summed E-state index contributed by atoms with van der Waals surface area (Å²) < 4.78 is 1.96. The molecule has 0 unspecified atom stereocenters. The fraction of sp³-hybridized carbons (Fsp3) is 0.529. The molecule has 0 aliphatic heterocycles. The Morgan fingerprint density at radius 2 is 2.05 bits per heavy atom. The molecule has 0 bridgehead atoms. The van der Waals surface area contributed by atoms with Crippen molar-refractivity contribution in [2.75, 3.05) is 11.9 Å². The zero-order valence-electron chi connectivity index (χ0n) is 13.9. The Kier molecular flexibility index (Phi) is 4.86. The minimum Gasteiger partial charge on any atom is -0.329 e. The summed E-state index contributed by atoms with van der Waals surface area (Å²) in [6, 6.07) is 6.16. The number of fused-ring (bicyclic) bond motifs is 1. The molecule has 0 atom stereocenters. The van der Waals surface area contributed by atoms with Crippen molar-refractivity contribution < 1.29 is 4.79 Å². The van der Waals surface area contributed by atoms with Crippen molar-refractivity contribution in [3.05, 3.63) is 24.4 Å². The maximum absolute atomic E-state index is 12.6. The minimum absolute atomic E-state index is 0.00466. The van der Waals surface area contributed by atoms with E-state index in [2.05, 4.69) is 24.3 Å². The van der Waals surface area contributed by atoms with Crippen LogP contribution < -0.4 is 11.1 Å². The van der Waals surface area contributed by atoms with Gasteiger partial charge in [-0.1, -0.05) is 13.8 Å². The molecule has 0 fully saturated rings. The van der Waals surface area contributed by atoms with Crippen LogP contribution in [0, 0.1) is 5.41 Å². The smallest absolute Gasteiger partial charge is 0.231 e. The van der Waals surface area contributed by atoms with E-state index >= 15 is 0 Å². The number of nitrogens with one attached hydrogen (secondary N) is 1. The lowest BCUT2D eigenvalue weighted by Gasteiger charge is -2.28. The van der Waals surface area contributed by atoms with E-state index in [-0.39, 0.29) is 11.9 Å². The first-order valence-electron chi connectivity index (χ1n) is 7.96. The van der Waals surface area contributed by atoms with Crippen LogP contribution in [0.25, 0.3) is 10.9 Å². The number of nitrogens with two attached hydrogens (primary N) is 1. The Morgan fingerprint density at radius 1 is 1.36 bits per heavy atom. The van der Waals surface area contributed by atoms with Gasteiger partial charge in [0.1, 0.15) is 0 Å². The van der Waals surface area contributed by atoms with Crippen LogP contribution in [0.15, 0.2) is 24.4 Å². The normalized spacial score (nSPS) is 12.1. The van der Waals surface area contributed by atoms with Crippen LogP contribution in [-0.4, -0.2) is 22.2 Å². The zero-order valence-corrected chi connectivity index (χ0v) is 13.9. The maximum atomic E-state index is 12.6.